The highest BCUT2D eigenvalue weighted by atomic mass is 16.1. The maximum Gasteiger partial charge on any atom is 0.228 e. The molecule has 19 heavy (non-hydrogen) atoms. The lowest BCUT2D eigenvalue weighted by Gasteiger charge is -2.05. The lowest BCUT2D eigenvalue weighted by Crippen LogP contribution is -2.14. The highest BCUT2D eigenvalue weighted by Crippen LogP contribution is 2.22. The lowest BCUT2D eigenvalue weighted by molar-refractivity contribution is -0.115. The van der Waals surface area contributed by atoms with E-state index in [2.05, 4.69) is 15.3 Å². The number of aryl methyl sites for hydroxylation is 1. The van der Waals surface area contributed by atoms with Crippen molar-refractivity contribution in [2.75, 3.05) is 5.32 Å². The van der Waals surface area contributed by atoms with Gasteiger partial charge in [0.15, 0.2) is 0 Å². The molecular formula is C15H15N3O. The zero-order chi connectivity index (χ0) is 13.2. The Bertz CT molecular complexity index is 724. The van der Waals surface area contributed by atoms with Crippen LogP contribution in [0.5, 0.6) is 0 Å². The van der Waals surface area contributed by atoms with Crippen LogP contribution >= 0.6 is 0 Å². The van der Waals surface area contributed by atoms with Gasteiger partial charge in [0.1, 0.15) is 0 Å². The van der Waals surface area contributed by atoms with Crippen molar-refractivity contribution in [3.63, 3.8) is 0 Å². The Balaban J connectivity index is 1.77. The van der Waals surface area contributed by atoms with Crippen molar-refractivity contribution >= 4 is 22.5 Å². The quantitative estimate of drug-likeness (QED) is 0.660. The molecule has 0 aliphatic heterocycles. The number of nitrogens with one attached hydrogen (secondary N) is 3. The van der Waals surface area contributed by atoms with Crippen LogP contribution in [-0.2, 0) is 11.2 Å². The fourth-order valence-electron chi connectivity index (χ4n) is 2.24. The topological polar surface area (TPSA) is 60.7 Å². The molecule has 3 aromatic rings. The molecule has 2 heterocycles. The third kappa shape index (κ3) is 2.38. The highest BCUT2D eigenvalue weighted by molar-refractivity contribution is 6.01. The van der Waals surface area contributed by atoms with Crippen molar-refractivity contribution in [1.82, 2.24) is 9.97 Å². The van der Waals surface area contributed by atoms with E-state index in [1.54, 1.807) is 0 Å². The van der Waals surface area contributed by atoms with E-state index in [9.17, 15) is 4.79 Å². The molecule has 0 bridgehead atoms. The van der Waals surface area contributed by atoms with Gasteiger partial charge in [-0.1, -0.05) is 6.07 Å². The fourth-order valence-corrected chi connectivity index (χ4v) is 2.24. The summed E-state index contributed by atoms with van der Waals surface area (Å²) in [6.07, 6.45) is 4.12. The molecule has 3 N–H and O–H groups in total. The monoisotopic (exact) mass is 253 g/mol. The fraction of sp³-hybridized carbons (Fsp3) is 0.133. The highest BCUT2D eigenvalue weighted by Gasteiger charge is 2.08. The molecule has 4 nitrogen and oxygen atoms in total. The molecule has 0 aliphatic carbocycles. The number of carbonyl (C=O) groups excluding carboxylic acids is 1. The minimum absolute atomic E-state index is 0.00676. The number of H-pyrrole nitrogens is 2. The number of rotatable bonds is 3. The van der Waals surface area contributed by atoms with Crippen molar-refractivity contribution < 1.29 is 4.79 Å². The Hall–Kier alpha value is -2.49. The van der Waals surface area contributed by atoms with Gasteiger partial charge in [-0.05, 0) is 36.8 Å². The number of fused-ring (bicyclic) bond motifs is 1. The second-order valence-corrected chi connectivity index (χ2v) is 4.66. The van der Waals surface area contributed by atoms with Crippen molar-refractivity contribution in [2.24, 2.45) is 0 Å². The molecule has 3 rings (SSSR count). The zero-order valence-corrected chi connectivity index (χ0v) is 10.7. The standard InChI is InChI=1S/C15H15N3O/c1-10-7-11(9-17-10)8-15(19)18-14-4-2-3-13-12(14)5-6-16-13/h2-7,9,16-17H,8H2,1H3,(H,18,19). The first-order valence-corrected chi connectivity index (χ1v) is 6.22. The summed E-state index contributed by atoms with van der Waals surface area (Å²) in [7, 11) is 0. The van der Waals surface area contributed by atoms with Crippen LogP contribution in [0.2, 0.25) is 0 Å². The molecule has 0 aliphatic rings. The Kier molecular flexibility index (Phi) is 2.83. The molecule has 0 fully saturated rings. The van der Waals surface area contributed by atoms with Crippen LogP contribution in [0.4, 0.5) is 5.69 Å². The smallest absolute Gasteiger partial charge is 0.228 e. The van der Waals surface area contributed by atoms with E-state index in [1.807, 2.05) is 49.6 Å². The van der Waals surface area contributed by atoms with Crippen LogP contribution in [0.25, 0.3) is 10.9 Å². The van der Waals surface area contributed by atoms with Crippen LogP contribution < -0.4 is 5.32 Å². The number of aromatic amines is 2. The lowest BCUT2D eigenvalue weighted by atomic mass is 10.2. The van der Waals surface area contributed by atoms with Gasteiger partial charge in [-0.2, -0.15) is 0 Å². The van der Waals surface area contributed by atoms with Gasteiger partial charge in [-0.15, -0.1) is 0 Å². The Labute approximate surface area is 110 Å². The van der Waals surface area contributed by atoms with Gasteiger partial charge in [-0.25, -0.2) is 0 Å². The molecule has 0 spiro atoms. The Morgan fingerprint density at radius 3 is 2.95 bits per heavy atom. The first kappa shape index (κ1) is 11.6. The molecule has 1 aromatic carbocycles. The average molecular weight is 253 g/mol. The van der Waals surface area contributed by atoms with Gasteiger partial charge in [0.25, 0.3) is 0 Å². The molecule has 0 saturated carbocycles. The van der Waals surface area contributed by atoms with E-state index < -0.39 is 0 Å². The summed E-state index contributed by atoms with van der Waals surface area (Å²) in [6.45, 7) is 1.97. The summed E-state index contributed by atoms with van der Waals surface area (Å²) in [4.78, 5) is 18.2. The molecule has 1 amide bonds. The zero-order valence-electron chi connectivity index (χ0n) is 10.7. The number of anilines is 1. The summed E-state index contributed by atoms with van der Waals surface area (Å²) in [5, 5.41) is 3.98. The third-order valence-corrected chi connectivity index (χ3v) is 3.12. The number of amides is 1. The van der Waals surface area contributed by atoms with Crippen LogP contribution in [0.15, 0.2) is 42.7 Å². The first-order valence-electron chi connectivity index (χ1n) is 6.22. The van der Waals surface area contributed by atoms with Crippen LogP contribution in [0, 0.1) is 6.92 Å². The summed E-state index contributed by atoms with van der Waals surface area (Å²) in [6, 6.07) is 9.77. The van der Waals surface area contributed by atoms with Gasteiger partial charge in [0.05, 0.1) is 12.1 Å². The Morgan fingerprint density at radius 1 is 1.26 bits per heavy atom. The summed E-state index contributed by atoms with van der Waals surface area (Å²) in [5.74, 6) is -0.00676. The van der Waals surface area contributed by atoms with Crippen LogP contribution in [0.3, 0.4) is 0 Å². The molecule has 96 valence electrons. The molecule has 0 unspecified atom stereocenters. The van der Waals surface area contributed by atoms with E-state index >= 15 is 0 Å². The maximum atomic E-state index is 12.0. The number of hydrogen-bond donors (Lipinski definition) is 3. The molecule has 0 radical (unpaired) electrons. The van der Waals surface area contributed by atoms with E-state index in [4.69, 9.17) is 0 Å². The van der Waals surface area contributed by atoms with Gasteiger partial charge in [0.2, 0.25) is 5.91 Å². The van der Waals surface area contributed by atoms with Crippen molar-refractivity contribution in [3.8, 4) is 0 Å². The second kappa shape index (κ2) is 4.65. The van der Waals surface area contributed by atoms with E-state index in [-0.39, 0.29) is 5.91 Å². The maximum absolute atomic E-state index is 12.0. The van der Waals surface area contributed by atoms with Gasteiger partial charge in [0, 0.05) is 29.0 Å². The van der Waals surface area contributed by atoms with Gasteiger partial charge in [-0.3, -0.25) is 4.79 Å². The predicted octanol–water partition coefficient (Wildman–Crippen LogP) is 2.99. The molecule has 2 aromatic heterocycles. The average Bonchev–Trinajstić information content (AvgIpc) is 2.98. The first-order chi connectivity index (χ1) is 9.22. The number of aromatic nitrogens is 2. The van der Waals surface area contributed by atoms with Crippen molar-refractivity contribution in [3.05, 3.63) is 54.0 Å². The van der Waals surface area contributed by atoms with E-state index in [0.717, 1.165) is 27.8 Å². The SMILES string of the molecule is Cc1cc(CC(=O)Nc2cccc3[nH]ccc23)c[nH]1. The predicted molar refractivity (Wildman–Crippen MR) is 76.2 cm³/mol. The number of benzene rings is 1. The summed E-state index contributed by atoms with van der Waals surface area (Å²) >= 11 is 0. The second-order valence-electron chi connectivity index (χ2n) is 4.66. The largest absolute Gasteiger partial charge is 0.365 e. The molecule has 0 saturated heterocycles. The summed E-state index contributed by atoms with van der Waals surface area (Å²) in [5.41, 5.74) is 3.93. The molecular weight excluding hydrogens is 238 g/mol. The van der Waals surface area contributed by atoms with E-state index in [1.165, 1.54) is 0 Å². The molecule has 4 heteroatoms. The molecule has 0 atom stereocenters. The van der Waals surface area contributed by atoms with Gasteiger partial charge >= 0.3 is 0 Å². The minimum atomic E-state index is -0.00676. The van der Waals surface area contributed by atoms with E-state index in [0.29, 0.717) is 6.42 Å². The number of carbonyl (C=O) groups is 1. The normalized spacial score (nSPS) is 10.8. The van der Waals surface area contributed by atoms with Crippen molar-refractivity contribution in [2.45, 2.75) is 13.3 Å². The van der Waals surface area contributed by atoms with Gasteiger partial charge < -0.3 is 15.3 Å². The third-order valence-electron chi connectivity index (χ3n) is 3.12. The minimum Gasteiger partial charge on any atom is -0.365 e. The Morgan fingerprint density at radius 2 is 2.16 bits per heavy atom. The van der Waals surface area contributed by atoms with Crippen LogP contribution in [0.1, 0.15) is 11.3 Å². The van der Waals surface area contributed by atoms with Crippen molar-refractivity contribution in [1.29, 1.82) is 0 Å². The number of hydrogen-bond acceptors (Lipinski definition) is 1. The van der Waals surface area contributed by atoms with Crippen LogP contribution in [-0.4, -0.2) is 15.9 Å². The summed E-state index contributed by atoms with van der Waals surface area (Å²) < 4.78 is 0.